The van der Waals surface area contributed by atoms with Crippen LogP contribution in [-0.4, -0.2) is 32.7 Å². The number of rotatable bonds is 4. The second kappa shape index (κ2) is 6.27. The second-order valence-corrected chi connectivity index (χ2v) is 6.31. The van der Waals surface area contributed by atoms with Gasteiger partial charge in [-0.25, -0.2) is 4.79 Å². The summed E-state index contributed by atoms with van der Waals surface area (Å²) in [5, 5.41) is 21.4. The summed E-state index contributed by atoms with van der Waals surface area (Å²) < 4.78 is 0. The lowest BCUT2D eigenvalue weighted by molar-refractivity contribution is -0.384. The number of nitrogens with zero attached hydrogens (tertiary/aromatic N) is 2. The predicted molar refractivity (Wildman–Crippen MR) is 98.2 cm³/mol. The monoisotopic (exact) mass is 376 g/mol. The summed E-state index contributed by atoms with van der Waals surface area (Å²) in [5.74, 6) is -2.44. The number of hydrogen-bond donors (Lipinski definition) is 1. The summed E-state index contributed by atoms with van der Waals surface area (Å²) in [6, 6.07) is 13.3. The van der Waals surface area contributed by atoms with Crippen LogP contribution < -0.4 is 0 Å². The van der Waals surface area contributed by atoms with Crippen LogP contribution in [0.1, 0.15) is 36.6 Å². The van der Waals surface area contributed by atoms with E-state index in [0.717, 1.165) is 11.0 Å². The van der Waals surface area contributed by atoms with Crippen LogP contribution in [0.5, 0.6) is 0 Å². The first kappa shape index (κ1) is 17.3. The van der Waals surface area contributed by atoms with Gasteiger partial charge in [0.2, 0.25) is 0 Å². The Balaban J connectivity index is 1.87. The van der Waals surface area contributed by atoms with Crippen molar-refractivity contribution in [2.24, 2.45) is 0 Å². The highest BCUT2D eigenvalue weighted by Crippen LogP contribution is 2.34. The number of carbonyl (C=O) groups is 3. The first-order valence-corrected chi connectivity index (χ1v) is 8.27. The Morgan fingerprint density at radius 1 is 1.00 bits per heavy atom. The molecule has 0 fully saturated rings. The summed E-state index contributed by atoms with van der Waals surface area (Å²) >= 11 is 0. The number of carboxylic acid groups (broad SMARTS) is 1. The van der Waals surface area contributed by atoms with Gasteiger partial charge in [0.05, 0.1) is 22.6 Å². The van der Waals surface area contributed by atoms with Crippen molar-refractivity contribution in [3.8, 4) is 0 Å². The van der Waals surface area contributed by atoms with Crippen molar-refractivity contribution in [2.45, 2.75) is 6.54 Å². The number of nitro benzene ring substituents is 1. The van der Waals surface area contributed by atoms with Crippen LogP contribution in [0.15, 0.2) is 54.6 Å². The van der Waals surface area contributed by atoms with Crippen molar-refractivity contribution in [1.82, 2.24) is 4.90 Å². The third-order valence-corrected chi connectivity index (χ3v) is 4.70. The zero-order chi connectivity index (χ0) is 20.0. The van der Waals surface area contributed by atoms with Crippen LogP contribution in [0.2, 0.25) is 0 Å². The van der Waals surface area contributed by atoms with Gasteiger partial charge in [-0.15, -0.1) is 0 Å². The minimum Gasteiger partial charge on any atom is -0.478 e. The van der Waals surface area contributed by atoms with Crippen molar-refractivity contribution in [3.05, 3.63) is 87.0 Å². The zero-order valence-corrected chi connectivity index (χ0v) is 14.3. The van der Waals surface area contributed by atoms with Crippen molar-refractivity contribution < 1.29 is 24.4 Å². The smallest absolute Gasteiger partial charge is 0.336 e. The number of carbonyl (C=O) groups excluding carboxylic acids is 2. The van der Waals surface area contributed by atoms with E-state index < -0.39 is 22.7 Å². The van der Waals surface area contributed by atoms with Gasteiger partial charge in [0.25, 0.3) is 17.5 Å². The number of hydrogen-bond acceptors (Lipinski definition) is 5. The fraction of sp³-hybridized carbons (Fsp3) is 0.0500. The molecule has 0 aromatic heterocycles. The van der Waals surface area contributed by atoms with Crippen LogP contribution in [0.25, 0.3) is 10.8 Å². The topological polar surface area (TPSA) is 118 Å². The predicted octanol–water partition coefficient (Wildman–Crippen LogP) is 3.24. The molecule has 1 aliphatic rings. The first-order chi connectivity index (χ1) is 13.4. The van der Waals surface area contributed by atoms with E-state index in [0.29, 0.717) is 10.8 Å². The van der Waals surface area contributed by atoms with Gasteiger partial charge in [-0.1, -0.05) is 30.3 Å². The molecular formula is C20H12N2O6. The molecule has 0 aliphatic carbocycles. The highest BCUT2D eigenvalue weighted by molar-refractivity contribution is 6.25. The molecule has 0 saturated heterocycles. The zero-order valence-electron chi connectivity index (χ0n) is 14.3. The molecule has 1 N–H and O–H groups in total. The van der Waals surface area contributed by atoms with Gasteiger partial charge in [0.1, 0.15) is 0 Å². The van der Waals surface area contributed by atoms with Crippen LogP contribution in [0, 0.1) is 10.1 Å². The summed E-state index contributed by atoms with van der Waals surface area (Å²) in [4.78, 5) is 48.9. The Morgan fingerprint density at radius 2 is 1.71 bits per heavy atom. The number of carboxylic acids is 1. The van der Waals surface area contributed by atoms with Crippen LogP contribution in [0.4, 0.5) is 5.69 Å². The summed E-state index contributed by atoms with van der Waals surface area (Å²) in [7, 11) is 0. The summed E-state index contributed by atoms with van der Waals surface area (Å²) in [6.07, 6.45) is 0. The largest absolute Gasteiger partial charge is 0.478 e. The van der Waals surface area contributed by atoms with Crippen molar-refractivity contribution in [2.75, 3.05) is 0 Å². The van der Waals surface area contributed by atoms with Crippen molar-refractivity contribution in [3.63, 3.8) is 0 Å². The normalized spacial score (nSPS) is 13.1. The van der Waals surface area contributed by atoms with Gasteiger partial charge < -0.3 is 5.11 Å². The van der Waals surface area contributed by atoms with E-state index in [-0.39, 0.29) is 34.5 Å². The van der Waals surface area contributed by atoms with Gasteiger partial charge in [-0.05, 0) is 23.1 Å². The Hall–Kier alpha value is -4.07. The average molecular weight is 376 g/mol. The molecule has 1 heterocycles. The molecule has 8 nitrogen and oxygen atoms in total. The number of nitro groups is 1. The van der Waals surface area contributed by atoms with E-state index in [1.165, 1.54) is 18.2 Å². The highest BCUT2D eigenvalue weighted by Gasteiger charge is 2.34. The average Bonchev–Trinajstić information content (AvgIpc) is 2.68. The molecule has 4 rings (SSSR count). The molecule has 0 atom stereocenters. The summed E-state index contributed by atoms with van der Waals surface area (Å²) in [6.45, 7) is -0.251. The minimum absolute atomic E-state index is 0.0221. The molecule has 138 valence electrons. The molecule has 0 spiro atoms. The molecule has 0 unspecified atom stereocenters. The fourth-order valence-electron chi connectivity index (χ4n) is 3.43. The van der Waals surface area contributed by atoms with Crippen molar-refractivity contribution in [1.29, 1.82) is 0 Å². The third kappa shape index (κ3) is 2.59. The maximum Gasteiger partial charge on any atom is 0.336 e. The number of aromatic carboxylic acids is 1. The first-order valence-electron chi connectivity index (χ1n) is 8.27. The van der Waals surface area contributed by atoms with E-state index >= 15 is 0 Å². The van der Waals surface area contributed by atoms with Gasteiger partial charge >= 0.3 is 5.97 Å². The SMILES string of the molecule is O=C(O)c1ccccc1CN1C(=O)c2cccc3cc([N+](=O)[O-])cc(c23)C1=O. The molecule has 2 amide bonds. The molecule has 0 bridgehead atoms. The third-order valence-electron chi connectivity index (χ3n) is 4.70. The van der Waals surface area contributed by atoms with E-state index in [1.54, 1.807) is 30.3 Å². The van der Waals surface area contributed by atoms with Gasteiger partial charge in [-0.2, -0.15) is 0 Å². The Morgan fingerprint density at radius 3 is 2.43 bits per heavy atom. The molecule has 8 heteroatoms. The van der Waals surface area contributed by atoms with E-state index in [4.69, 9.17) is 0 Å². The van der Waals surface area contributed by atoms with E-state index in [9.17, 15) is 29.6 Å². The lowest BCUT2D eigenvalue weighted by atomic mass is 9.93. The maximum atomic E-state index is 13.0. The van der Waals surface area contributed by atoms with Crippen LogP contribution in [-0.2, 0) is 6.54 Å². The van der Waals surface area contributed by atoms with Crippen LogP contribution in [0.3, 0.4) is 0 Å². The Labute approximate surface area is 157 Å². The Bertz CT molecular complexity index is 1200. The molecular weight excluding hydrogens is 364 g/mol. The quantitative estimate of drug-likeness (QED) is 0.424. The van der Waals surface area contributed by atoms with E-state index in [2.05, 4.69) is 0 Å². The number of benzene rings is 3. The molecule has 1 aliphatic heterocycles. The number of imide groups is 1. The number of non-ortho nitro benzene ring substituents is 1. The van der Waals surface area contributed by atoms with E-state index in [1.807, 2.05) is 0 Å². The lowest BCUT2D eigenvalue weighted by Gasteiger charge is -2.27. The fourth-order valence-corrected chi connectivity index (χ4v) is 3.43. The molecule has 28 heavy (non-hydrogen) atoms. The number of amides is 2. The van der Waals surface area contributed by atoms with Gasteiger partial charge in [0, 0.05) is 23.1 Å². The molecule has 3 aromatic rings. The standard InChI is InChI=1S/C20H12N2O6/c23-18-15-7-3-5-11-8-13(22(27)28)9-16(17(11)15)19(24)21(18)10-12-4-1-2-6-14(12)20(25)26/h1-9H,10H2,(H,25,26). The maximum absolute atomic E-state index is 13.0. The van der Waals surface area contributed by atoms with Crippen LogP contribution >= 0.6 is 0 Å². The lowest BCUT2D eigenvalue weighted by Crippen LogP contribution is -2.40. The van der Waals surface area contributed by atoms with Gasteiger partial charge in [0.15, 0.2) is 0 Å². The summed E-state index contributed by atoms with van der Waals surface area (Å²) in [5.41, 5.74) is 0.305. The molecule has 0 saturated carbocycles. The van der Waals surface area contributed by atoms with Gasteiger partial charge in [-0.3, -0.25) is 24.6 Å². The van der Waals surface area contributed by atoms with Crippen molar-refractivity contribution >= 4 is 34.2 Å². The Kier molecular flexibility index (Phi) is 3.89. The molecule has 0 radical (unpaired) electrons. The minimum atomic E-state index is -1.18. The highest BCUT2D eigenvalue weighted by atomic mass is 16.6. The molecule has 3 aromatic carbocycles. The second-order valence-electron chi connectivity index (χ2n) is 6.31.